The fraction of sp³-hybridized carbons (Fsp3) is 0.320. The van der Waals surface area contributed by atoms with Crippen molar-refractivity contribution in [1.82, 2.24) is 15.3 Å². The Morgan fingerprint density at radius 2 is 1.94 bits per heavy atom. The lowest BCUT2D eigenvalue weighted by molar-refractivity contribution is -0.137. The molecule has 190 valence electrons. The van der Waals surface area contributed by atoms with E-state index in [1.165, 1.54) is 18.3 Å². The first kappa shape index (κ1) is 25.9. The number of carbonyl (C=O) groups excluding carboxylic acids is 1. The van der Waals surface area contributed by atoms with Gasteiger partial charge in [-0.1, -0.05) is 29.8 Å². The molecule has 7 nitrogen and oxygen atoms in total. The Labute approximate surface area is 211 Å². The van der Waals surface area contributed by atoms with Crippen molar-refractivity contribution in [2.24, 2.45) is 5.73 Å². The first-order valence-electron chi connectivity index (χ1n) is 11.3. The Bertz CT molecular complexity index is 1250. The Balaban J connectivity index is 1.53. The van der Waals surface area contributed by atoms with Crippen LogP contribution in [-0.4, -0.2) is 42.2 Å². The van der Waals surface area contributed by atoms with Gasteiger partial charge in [0.15, 0.2) is 0 Å². The minimum absolute atomic E-state index is 0.0741. The maximum atomic E-state index is 13.2. The van der Waals surface area contributed by atoms with Crippen LogP contribution in [0, 0.1) is 0 Å². The molecule has 0 saturated carbocycles. The smallest absolute Gasteiger partial charge is 0.378 e. The lowest BCUT2D eigenvalue weighted by atomic mass is 9.95. The summed E-state index contributed by atoms with van der Waals surface area (Å²) in [5, 5.41) is 3.17. The molecule has 4 rings (SSSR count). The predicted molar refractivity (Wildman–Crippen MR) is 131 cm³/mol. The molecule has 1 fully saturated rings. The molecule has 2 heterocycles. The van der Waals surface area contributed by atoms with E-state index < -0.39 is 23.7 Å². The van der Waals surface area contributed by atoms with E-state index in [9.17, 15) is 18.0 Å². The van der Waals surface area contributed by atoms with Crippen LogP contribution in [0.1, 0.15) is 40.1 Å². The summed E-state index contributed by atoms with van der Waals surface area (Å²) < 4.78 is 45.1. The average Bonchev–Trinajstić information content (AvgIpc) is 2.88. The van der Waals surface area contributed by atoms with E-state index in [1.54, 1.807) is 25.1 Å². The largest absolute Gasteiger partial charge is 0.416 e. The standard InChI is InChI=1S/C25H25ClF3N5O2/c1-15(32-23(35)22-6-7-31-24(33-22)34-8-10-36-11-9-34)19-5-3-16(12-21(19)26)20-13-18(25(27,28)29)4-2-17(20)14-30/h2-7,12-13,15H,8-11,14,30H2,1H3,(H,32,35)/t15-/m1/s1. The second kappa shape index (κ2) is 10.8. The molecule has 0 spiro atoms. The van der Waals surface area contributed by atoms with Gasteiger partial charge in [0.25, 0.3) is 5.91 Å². The second-order valence-electron chi connectivity index (χ2n) is 8.35. The van der Waals surface area contributed by atoms with Crippen LogP contribution >= 0.6 is 11.6 Å². The molecule has 36 heavy (non-hydrogen) atoms. The van der Waals surface area contributed by atoms with Crippen molar-refractivity contribution in [3.63, 3.8) is 0 Å². The number of aromatic nitrogens is 2. The second-order valence-corrected chi connectivity index (χ2v) is 8.75. The number of morpholine rings is 1. The molecular formula is C25H25ClF3N5O2. The summed E-state index contributed by atoms with van der Waals surface area (Å²) in [7, 11) is 0. The highest BCUT2D eigenvalue weighted by Gasteiger charge is 2.31. The molecule has 0 unspecified atom stereocenters. The van der Waals surface area contributed by atoms with Gasteiger partial charge in [0.1, 0.15) is 5.69 Å². The Kier molecular flexibility index (Phi) is 7.77. The predicted octanol–water partition coefficient (Wildman–Crippen LogP) is 4.60. The normalized spacial score (nSPS) is 15.0. The number of halogens is 4. The highest BCUT2D eigenvalue weighted by atomic mass is 35.5. The van der Waals surface area contributed by atoms with Gasteiger partial charge < -0.3 is 20.7 Å². The summed E-state index contributed by atoms with van der Waals surface area (Å²) in [5.41, 5.74) is 7.22. The van der Waals surface area contributed by atoms with Crippen molar-refractivity contribution in [2.75, 3.05) is 31.2 Å². The van der Waals surface area contributed by atoms with Crippen molar-refractivity contribution in [3.05, 3.63) is 76.1 Å². The zero-order valence-electron chi connectivity index (χ0n) is 19.5. The molecule has 1 atom stereocenters. The summed E-state index contributed by atoms with van der Waals surface area (Å²) in [6, 6.07) is 9.42. The minimum atomic E-state index is -4.48. The molecular weight excluding hydrogens is 495 g/mol. The van der Waals surface area contributed by atoms with Crippen LogP contribution in [0.5, 0.6) is 0 Å². The molecule has 1 saturated heterocycles. The van der Waals surface area contributed by atoms with Gasteiger partial charge in [-0.25, -0.2) is 9.97 Å². The van der Waals surface area contributed by atoms with Crippen LogP contribution in [0.3, 0.4) is 0 Å². The number of alkyl halides is 3. The van der Waals surface area contributed by atoms with Crippen LogP contribution in [0.4, 0.5) is 19.1 Å². The van der Waals surface area contributed by atoms with Gasteiger partial charge >= 0.3 is 6.18 Å². The number of hydrogen-bond acceptors (Lipinski definition) is 6. The van der Waals surface area contributed by atoms with Gasteiger partial charge in [0, 0.05) is 30.9 Å². The first-order chi connectivity index (χ1) is 17.2. The van der Waals surface area contributed by atoms with Gasteiger partial charge in [0.2, 0.25) is 5.95 Å². The third-order valence-electron chi connectivity index (χ3n) is 5.95. The molecule has 1 aliphatic rings. The minimum Gasteiger partial charge on any atom is -0.378 e. The third kappa shape index (κ3) is 5.77. The van der Waals surface area contributed by atoms with E-state index in [0.717, 1.165) is 12.1 Å². The highest BCUT2D eigenvalue weighted by molar-refractivity contribution is 6.31. The zero-order chi connectivity index (χ0) is 25.9. The van der Waals surface area contributed by atoms with Crippen LogP contribution in [0.15, 0.2) is 48.7 Å². The number of amides is 1. The summed E-state index contributed by atoms with van der Waals surface area (Å²) in [5.74, 6) is 0.0561. The van der Waals surface area contributed by atoms with Gasteiger partial charge in [-0.2, -0.15) is 13.2 Å². The molecule has 0 aliphatic carbocycles. The SMILES string of the molecule is C[C@@H](NC(=O)c1ccnc(N2CCOCC2)n1)c1ccc(-c2cc(C(F)(F)F)ccc2CN)cc1Cl. The average molecular weight is 520 g/mol. The van der Waals surface area contributed by atoms with Crippen molar-refractivity contribution in [2.45, 2.75) is 25.7 Å². The fourth-order valence-electron chi connectivity index (χ4n) is 3.98. The summed E-state index contributed by atoms with van der Waals surface area (Å²) in [6.07, 6.45) is -2.95. The molecule has 0 bridgehead atoms. The molecule has 1 aliphatic heterocycles. The van der Waals surface area contributed by atoms with E-state index in [0.29, 0.717) is 59.5 Å². The van der Waals surface area contributed by atoms with Gasteiger partial charge in [-0.15, -0.1) is 0 Å². The van der Waals surface area contributed by atoms with E-state index in [1.807, 2.05) is 4.90 Å². The summed E-state index contributed by atoms with van der Waals surface area (Å²) in [6.45, 7) is 4.25. The number of nitrogens with one attached hydrogen (secondary N) is 1. The maximum absolute atomic E-state index is 13.2. The number of nitrogens with two attached hydrogens (primary N) is 1. The number of benzene rings is 2. The lowest BCUT2D eigenvalue weighted by Crippen LogP contribution is -2.37. The van der Waals surface area contributed by atoms with E-state index in [4.69, 9.17) is 22.1 Å². The third-order valence-corrected chi connectivity index (χ3v) is 6.28. The number of anilines is 1. The highest BCUT2D eigenvalue weighted by Crippen LogP contribution is 2.36. The number of carbonyl (C=O) groups is 1. The molecule has 11 heteroatoms. The number of hydrogen-bond donors (Lipinski definition) is 2. The Morgan fingerprint density at radius 3 is 2.61 bits per heavy atom. The molecule has 3 aromatic rings. The zero-order valence-corrected chi connectivity index (χ0v) is 20.2. The van der Waals surface area contributed by atoms with Crippen molar-refractivity contribution in [1.29, 1.82) is 0 Å². The van der Waals surface area contributed by atoms with Crippen molar-refractivity contribution >= 4 is 23.5 Å². The van der Waals surface area contributed by atoms with Gasteiger partial charge in [0.05, 0.1) is 24.8 Å². The van der Waals surface area contributed by atoms with Crippen LogP contribution in [0.2, 0.25) is 5.02 Å². The van der Waals surface area contributed by atoms with Crippen LogP contribution < -0.4 is 16.0 Å². The van der Waals surface area contributed by atoms with E-state index in [2.05, 4.69) is 15.3 Å². The van der Waals surface area contributed by atoms with Gasteiger partial charge in [-0.05, 0) is 53.4 Å². The quantitative estimate of drug-likeness (QED) is 0.494. The Hall–Kier alpha value is -3.21. The first-order valence-corrected chi connectivity index (χ1v) is 11.7. The Morgan fingerprint density at radius 1 is 1.19 bits per heavy atom. The van der Waals surface area contributed by atoms with Crippen LogP contribution in [0.25, 0.3) is 11.1 Å². The molecule has 1 aromatic heterocycles. The van der Waals surface area contributed by atoms with Gasteiger partial charge in [-0.3, -0.25) is 4.79 Å². The van der Waals surface area contributed by atoms with Crippen LogP contribution in [-0.2, 0) is 17.5 Å². The fourth-order valence-corrected chi connectivity index (χ4v) is 4.33. The molecule has 0 radical (unpaired) electrons. The van der Waals surface area contributed by atoms with E-state index in [-0.39, 0.29) is 12.2 Å². The molecule has 3 N–H and O–H groups in total. The molecule has 1 amide bonds. The lowest BCUT2D eigenvalue weighted by Gasteiger charge is -2.26. The monoisotopic (exact) mass is 519 g/mol. The summed E-state index contributed by atoms with van der Waals surface area (Å²) >= 11 is 6.51. The van der Waals surface area contributed by atoms with E-state index >= 15 is 0 Å². The topological polar surface area (TPSA) is 93.4 Å². The van der Waals surface area contributed by atoms with Crippen molar-refractivity contribution in [3.8, 4) is 11.1 Å². The number of ether oxygens (including phenoxy) is 1. The van der Waals surface area contributed by atoms with Crippen molar-refractivity contribution < 1.29 is 22.7 Å². The maximum Gasteiger partial charge on any atom is 0.416 e. The molecule has 2 aromatic carbocycles. The number of rotatable bonds is 6. The number of nitrogens with zero attached hydrogens (tertiary/aromatic N) is 3. The summed E-state index contributed by atoms with van der Waals surface area (Å²) in [4.78, 5) is 23.4.